The van der Waals surface area contributed by atoms with Crippen LogP contribution in [0.25, 0.3) is 0 Å². The number of Topliss-reactive ketones (excluding diaryl/α,β-unsaturated/α-hetero) is 2. The Kier molecular flexibility index (Phi) is 30.3. The lowest BCUT2D eigenvalue weighted by Gasteiger charge is -2.42. The number of halogens is 2. The number of esters is 2. The first-order chi connectivity index (χ1) is 52.7. The lowest BCUT2D eigenvalue weighted by atomic mass is 9.96. The Bertz CT molecular complexity index is 4200. The summed E-state index contributed by atoms with van der Waals surface area (Å²) in [5.74, 6) is 0.763. The summed E-state index contributed by atoms with van der Waals surface area (Å²) < 4.78 is 9.34. The Morgan fingerprint density at radius 2 is 0.764 bits per heavy atom. The Morgan fingerprint density at radius 3 is 1.12 bits per heavy atom. The second kappa shape index (κ2) is 40.5. The van der Waals surface area contributed by atoms with Crippen LogP contribution in [-0.2, 0) is 84.1 Å². The molecule has 2 atom stereocenters. The molecule has 0 spiro atoms. The van der Waals surface area contributed by atoms with Crippen molar-refractivity contribution in [2.24, 2.45) is 26.8 Å². The van der Waals surface area contributed by atoms with Gasteiger partial charge in [0.15, 0.2) is 5.96 Å². The highest BCUT2D eigenvalue weighted by molar-refractivity contribution is 6.11. The number of hydrogen-bond donors (Lipinski definition) is 2. The van der Waals surface area contributed by atoms with Gasteiger partial charge in [-0.15, -0.1) is 24.8 Å². The van der Waals surface area contributed by atoms with Crippen LogP contribution in [0.3, 0.4) is 0 Å². The number of guanidine groups is 3. The molecular weight excluding hydrogens is 1430 g/mol. The second-order valence-electron chi connectivity index (χ2n) is 28.5. The smallest absolute Gasteiger partial charge is 0.317 e. The molecule has 21 nitrogen and oxygen atoms in total. The zero-order valence-electron chi connectivity index (χ0n) is 63.8. The SMILES string of the molecule is COC(=O)C1CN(Cc2ccccc2)CCC1=O.COC(=O)C1CN(Cc2ccccc2)CCC1=O.Cc1ccccc1CN1C(=O)C2=C(CCN(Cc3ccccc3)C2)N2CCN=C12.Cc1ccccc1CN1C(=O)C2=C(CCN(Cc3ccccc3)C2)N2CCN=C12.Cc1ccccc1CNC1=NCCN1.Cl.Cl. The number of methoxy groups -OCH3 is 2. The van der Waals surface area contributed by atoms with E-state index in [1.54, 1.807) is 0 Å². The Labute approximate surface area is 659 Å². The monoisotopic (exact) mass is 1530 g/mol. The summed E-state index contributed by atoms with van der Waals surface area (Å²) >= 11 is 0. The van der Waals surface area contributed by atoms with Gasteiger partial charge in [-0.05, 0) is 76.4 Å². The molecule has 7 aromatic rings. The van der Waals surface area contributed by atoms with Crippen molar-refractivity contribution in [3.8, 4) is 0 Å². The van der Waals surface area contributed by atoms with Gasteiger partial charge in [-0.25, -0.2) is 0 Å². The van der Waals surface area contributed by atoms with Crippen molar-refractivity contribution < 1.29 is 38.2 Å². The number of fused-ring (bicyclic) bond motifs is 4. The Morgan fingerprint density at radius 1 is 0.418 bits per heavy atom. The van der Waals surface area contributed by atoms with Crippen LogP contribution in [0.15, 0.2) is 232 Å². The van der Waals surface area contributed by atoms with Gasteiger partial charge in [0, 0.05) is 142 Å². The first-order valence-electron chi connectivity index (χ1n) is 37.8. The first-order valence-corrected chi connectivity index (χ1v) is 37.8. The fraction of sp³-hybridized carbons (Fsp3) is 0.368. The number of carbonyl (C=O) groups excluding carboxylic acids is 6. The number of nitrogens with one attached hydrogen (secondary N) is 2. The summed E-state index contributed by atoms with van der Waals surface area (Å²) in [6, 6.07) is 66.1. The van der Waals surface area contributed by atoms with E-state index >= 15 is 0 Å². The fourth-order valence-corrected chi connectivity index (χ4v) is 15.1. The van der Waals surface area contributed by atoms with Gasteiger partial charge >= 0.3 is 11.9 Å². The minimum Gasteiger partial charge on any atom is -0.468 e. The molecule has 9 heterocycles. The van der Waals surface area contributed by atoms with Crippen LogP contribution in [0.4, 0.5) is 0 Å². The largest absolute Gasteiger partial charge is 0.468 e. The van der Waals surface area contributed by atoms with Crippen molar-refractivity contribution in [1.82, 2.24) is 49.8 Å². The van der Waals surface area contributed by atoms with Crippen LogP contribution in [0.5, 0.6) is 0 Å². The summed E-state index contributed by atoms with van der Waals surface area (Å²) in [5.41, 5.74) is 16.6. The minimum atomic E-state index is -0.618. The van der Waals surface area contributed by atoms with Gasteiger partial charge in [0.25, 0.3) is 11.8 Å². The quantitative estimate of drug-likeness (QED) is 0.0681. The van der Waals surface area contributed by atoms with E-state index in [1.165, 1.54) is 81.2 Å². The summed E-state index contributed by atoms with van der Waals surface area (Å²) in [6.45, 7) is 22.4. The van der Waals surface area contributed by atoms with E-state index in [9.17, 15) is 28.8 Å². The zero-order valence-corrected chi connectivity index (χ0v) is 65.4. The van der Waals surface area contributed by atoms with Crippen LogP contribution >= 0.6 is 24.8 Å². The minimum absolute atomic E-state index is 0. The second-order valence-corrected chi connectivity index (χ2v) is 28.5. The molecule has 7 aromatic carbocycles. The standard InChI is InChI=1S/2C24H26N4O.2C14H17NO3.C11H15N3.2ClH/c2*1-18-7-5-6-10-20(18)16-28-23(29)21-17-26(15-19-8-3-2-4-9-19)13-11-22(21)27-14-12-25-24(27)28;2*1-18-14(17)12-10-15(8-7-13(12)16)9-11-5-3-2-4-6-11;1-9-4-2-3-5-10(9)8-14-11-12-6-7-13-11;;/h2*2-10H,11-17H2,1H3;2*2-6,12H,7-10H2,1H3;2-5H,6-8H2,1H3,(H2,12,13,14);2*1H. The molecule has 578 valence electrons. The lowest BCUT2D eigenvalue weighted by molar-refractivity contribution is -0.153. The molecule has 0 saturated carbocycles. The van der Waals surface area contributed by atoms with Gasteiger partial charge in [-0.2, -0.15) is 0 Å². The van der Waals surface area contributed by atoms with Gasteiger partial charge in [0.1, 0.15) is 23.4 Å². The maximum atomic E-state index is 13.5. The summed E-state index contributed by atoms with van der Waals surface area (Å²) in [5, 5.41) is 6.46. The number of ether oxygens (including phenoxy) is 2. The van der Waals surface area contributed by atoms with Gasteiger partial charge in [-0.3, -0.25) is 73.1 Å². The van der Waals surface area contributed by atoms with E-state index in [1.807, 2.05) is 107 Å². The number of benzene rings is 7. The van der Waals surface area contributed by atoms with Crippen LogP contribution in [0.2, 0.25) is 0 Å². The average Bonchev–Trinajstić information content (AvgIpc) is 1.50. The Hall–Kier alpha value is -10.1. The molecule has 9 aliphatic rings. The molecule has 0 bridgehead atoms. The van der Waals surface area contributed by atoms with Gasteiger partial charge in [-0.1, -0.05) is 194 Å². The first kappa shape index (κ1) is 82.4. The number of hydrogen-bond acceptors (Lipinski definition) is 19. The molecule has 16 rings (SSSR count). The van der Waals surface area contributed by atoms with Crippen LogP contribution in [0, 0.1) is 32.6 Å². The molecular formula is C87H103Cl2N13O8. The maximum Gasteiger partial charge on any atom is 0.317 e. The summed E-state index contributed by atoms with van der Waals surface area (Å²) in [4.78, 5) is 104. The molecule has 2 N–H and O–H groups in total. The highest BCUT2D eigenvalue weighted by Crippen LogP contribution is 2.35. The van der Waals surface area contributed by atoms with Crippen molar-refractivity contribution in [3.05, 3.63) is 272 Å². The molecule has 110 heavy (non-hydrogen) atoms. The molecule has 0 aromatic heterocycles. The van der Waals surface area contributed by atoms with Crippen molar-refractivity contribution in [3.63, 3.8) is 0 Å². The molecule has 23 heteroatoms. The van der Waals surface area contributed by atoms with Crippen LogP contribution in [-0.4, -0.2) is 198 Å². The van der Waals surface area contributed by atoms with Crippen molar-refractivity contribution in [2.45, 2.75) is 92.3 Å². The third-order valence-electron chi connectivity index (χ3n) is 21.1. The van der Waals surface area contributed by atoms with Crippen LogP contribution < -0.4 is 10.6 Å². The number of aryl methyl sites for hydroxylation is 3. The maximum absolute atomic E-state index is 13.5. The predicted octanol–water partition coefficient (Wildman–Crippen LogP) is 10.7. The molecule has 2 fully saturated rings. The number of carbonyl (C=O) groups is 6. The number of rotatable bonds is 16. The average molecular weight is 1530 g/mol. The van der Waals surface area contributed by atoms with E-state index in [0.717, 1.165) is 127 Å². The van der Waals surface area contributed by atoms with E-state index in [-0.39, 0.29) is 48.2 Å². The van der Waals surface area contributed by atoms with E-state index < -0.39 is 23.8 Å². The Balaban J connectivity index is 0.000000150. The predicted molar refractivity (Wildman–Crippen MR) is 435 cm³/mol. The molecule has 0 aliphatic carbocycles. The van der Waals surface area contributed by atoms with Crippen molar-refractivity contribution in [2.75, 3.05) is 106 Å². The van der Waals surface area contributed by atoms with Crippen molar-refractivity contribution in [1.29, 1.82) is 0 Å². The number of likely N-dealkylation sites (tertiary alicyclic amines) is 2. The van der Waals surface area contributed by atoms with Gasteiger partial charge in [0.05, 0.1) is 58.1 Å². The summed E-state index contributed by atoms with van der Waals surface area (Å²) in [6.07, 6.45) is 2.66. The lowest BCUT2D eigenvalue weighted by Crippen LogP contribution is -2.53. The highest BCUT2D eigenvalue weighted by atomic mass is 35.5. The summed E-state index contributed by atoms with van der Waals surface area (Å²) in [7, 11) is 2.65. The number of aliphatic imine (C=N–C) groups is 3. The third-order valence-corrected chi connectivity index (χ3v) is 21.1. The number of ketones is 2. The number of amides is 2. The zero-order chi connectivity index (χ0) is 75.3. The van der Waals surface area contributed by atoms with E-state index in [0.29, 0.717) is 65.2 Å². The normalized spacial score (nSPS) is 18.9. The van der Waals surface area contributed by atoms with Crippen LogP contribution in [0.1, 0.15) is 81.3 Å². The van der Waals surface area contributed by atoms with E-state index in [2.05, 4.69) is 172 Å². The molecule has 2 amide bonds. The molecule has 2 saturated heterocycles. The third kappa shape index (κ3) is 21.5. The molecule has 0 radical (unpaired) electrons. The van der Waals surface area contributed by atoms with Crippen molar-refractivity contribution >= 4 is 78.0 Å². The topological polar surface area (TPSA) is 208 Å². The number of piperidine rings is 2. The van der Waals surface area contributed by atoms with E-state index in [4.69, 9.17) is 9.98 Å². The molecule has 2 unspecified atom stereocenters. The number of nitrogens with zero attached hydrogens (tertiary/aromatic N) is 11. The molecule has 9 aliphatic heterocycles. The fourth-order valence-electron chi connectivity index (χ4n) is 15.1. The van der Waals surface area contributed by atoms with Gasteiger partial charge < -0.3 is 29.9 Å². The van der Waals surface area contributed by atoms with Gasteiger partial charge in [0.2, 0.25) is 11.9 Å². The highest BCUT2D eigenvalue weighted by Gasteiger charge is 2.43.